The van der Waals surface area contributed by atoms with Crippen LogP contribution in [0.15, 0.2) is 59.1 Å². The molecule has 7 nitrogen and oxygen atoms in total. The van der Waals surface area contributed by atoms with Crippen LogP contribution in [-0.2, 0) is 24.5 Å². The number of piperidine rings is 1. The topological polar surface area (TPSA) is 80.5 Å². The van der Waals surface area contributed by atoms with Gasteiger partial charge < -0.3 is 19.5 Å². The van der Waals surface area contributed by atoms with Crippen LogP contribution < -0.4 is 5.32 Å². The second kappa shape index (κ2) is 10.2. The van der Waals surface area contributed by atoms with Crippen molar-refractivity contribution in [2.75, 3.05) is 6.54 Å². The Kier molecular flexibility index (Phi) is 6.89. The number of urea groups is 1. The molecule has 1 aromatic heterocycles. The number of carbonyl (C=O) groups is 1. The largest absolute Gasteiger partial charge is 0.367 e. The molecule has 2 heterocycles. The number of ether oxygens (including phenoxy) is 1. The quantitative estimate of drug-likeness (QED) is 0.609. The zero-order valence-corrected chi connectivity index (χ0v) is 17.2. The van der Waals surface area contributed by atoms with E-state index in [2.05, 4.69) is 15.5 Å². The normalized spacial score (nSPS) is 16.3. The van der Waals surface area contributed by atoms with E-state index in [1.54, 1.807) is 17.0 Å². The summed E-state index contributed by atoms with van der Waals surface area (Å²) in [5.41, 5.74) is 1.90. The summed E-state index contributed by atoms with van der Waals surface area (Å²) in [4.78, 5) is 19.0. The lowest BCUT2D eigenvalue weighted by atomic mass is 10.0. The van der Waals surface area contributed by atoms with Crippen molar-refractivity contribution in [1.82, 2.24) is 20.4 Å². The fourth-order valence-corrected chi connectivity index (χ4v) is 3.62. The van der Waals surface area contributed by atoms with Crippen LogP contribution in [0.4, 0.5) is 9.18 Å². The van der Waals surface area contributed by atoms with Gasteiger partial charge in [0.2, 0.25) is 0 Å². The summed E-state index contributed by atoms with van der Waals surface area (Å²) in [5.74, 6) is 0.567. The number of halogens is 1. The summed E-state index contributed by atoms with van der Waals surface area (Å²) < 4.78 is 23.9. The lowest BCUT2D eigenvalue weighted by molar-refractivity contribution is 0.0849. The number of aromatic nitrogens is 2. The van der Waals surface area contributed by atoms with Gasteiger partial charge in [0.25, 0.3) is 5.89 Å². The maximum Gasteiger partial charge on any atom is 0.318 e. The number of likely N-dealkylation sites (tertiary alicyclic amines) is 1. The average Bonchev–Trinajstić information content (AvgIpc) is 3.28. The Labute approximate surface area is 180 Å². The van der Waals surface area contributed by atoms with Crippen LogP contribution in [0.2, 0.25) is 0 Å². The van der Waals surface area contributed by atoms with Crippen LogP contribution in [0.3, 0.4) is 0 Å². The molecule has 1 aliphatic heterocycles. The van der Waals surface area contributed by atoms with E-state index in [0.29, 0.717) is 31.4 Å². The van der Waals surface area contributed by atoms with Gasteiger partial charge in [-0.2, -0.15) is 4.98 Å². The van der Waals surface area contributed by atoms with E-state index in [-0.39, 0.29) is 24.5 Å². The predicted molar refractivity (Wildman–Crippen MR) is 111 cm³/mol. The van der Waals surface area contributed by atoms with Gasteiger partial charge in [-0.25, -0.2) is 9.18 Å². The molecule has 1 atom stereocenters. The highest BCUT2D eigenvalue weighted by Crippen LogP contribution is 2.29. The number of nitrogens with zero attached hydrogens (tertiary/aromatic N) is 3. The van der Waals surface area contributed by atoms with Crippen molar-refractivity contribution in [3.63, 3.8) is 0 Å². The molecule has 31 heavy (non-hydrogen) atoms. The van der Waals surface area contributed by atoms with Crippen molar-refractivity contribution in [3.8, 4) is 0 Å². The standard InChI is InChI=1S/C23H25FN4O3/c24-19-11-9-18(10-12-19)15-30-16-21-26-22(27-31-21)20-8-4-5-13-28(20)23(29)25-14-17-6-2-1-3-7-17/h1-3,6-7,9-12,20H,4-5,8,13-16H2,(H,25,29). The molecule has 1 fully saturated rings. The molecule has 2 amide bonds. The number of benzene rings is 2. The SMILES string of the molecule is O=C(NCc1ccccc1)N1CCCCC1c1noc(COCc2ccc(F)cc2)n1. The summed E-state index contributed by atoms with van der Waals surface area (Å²) in [6.07, 6.45) is 2.73. The molecule has 3 aromatic rings. The van der Waals surface area contributed by atoms with Gasteiger partial charge in [-0.3, -0.25) is 0 Å². The van der Waals surface area contributed by atoms with Crippen LogP contribution in [0, 0.1) is 5.82 Å². The molecule has 0 saturated carbocycles. The van der Waals surface area contributed by atoms with Crippen molar-refractivity contribution >= 4 is 6.03 Å². The number of rotatable bonds is 7. The second-order valence-electron chi connectivity index (χ2n) is 7.51. The first-order valence-corrected chi connectivity index (χ1v) is 10.4. The first-order chi connectivity index (χ1) is 15.2. The van der Waals surface area contributed by atoms with E-state index in [1.807, 2.05) is 30.3 Å². The smallest absolute Gasteiger partial charge is 0.318 e. The average molecular weight is 424 g/mol. The van der Waals surface area contributed by atoms with Crippen molar-refractivity contribution in [1.29, 1.82) is 0 Å². The first-order valence-electron chi connectivity index (χ1n) is 10.4. The lowest BCUT2D eigenvalue weighted by Gasteiger charge is -2.33. The van der Waals surface area contributed by atoms with Crippen molar-refractivity contribution in [3.05, 3.63) is 83.3 Å². The monoisotopic (exact) mass is 424 g/mol. The fraction of sp³-hybridized carbons (Fsp3) is 0.348. The van der Waals surface area contributed by atoms with E-state index in [4.69, 9.17) is 9.26 Å². The zero-order valence-electron chi connectivity index (χ0n) is 17.2. The highest BCUT2D eigenvalue weighted by molar-refractivity contribution is 5.74. The molecule has 1 aliphatic rings. The first kappa shape index (κ1) is 21.0. The minimum Gasteiger partial charge on any atom is -0.367 e. The summed E-state index contributed by atoms with van der Waals surface area (Å²) >= 11 is 0. The Morgan fingerprint density at radius 3 is 2.71 bits per heavy atom. The Morgan fingerprint density at radius 2 is 1.90 bits per heavy atom. The number of carbonyl (C=O) groups excluding carboxylic acids is 1. The third-order valence-corrected chi connectivity index (χ3v) is 5.24. The Hall–Kier alpha value is -3.26. The van der Waals surface area contributed by atoms with Crippen LogP contribution >= 0.6 is 0 Å². The molecule has 2 aromatic carbocycles. The van der Waals surface area contributed by atoms with Crippen molar-refractivity contribution in [2.45, 2.75) is 45.1 Å². The minimum absolute atomic E-state index is 0.132. The predicted octanol–water partition coefficient (Wildman–Crippen LogP) is 4.36. The Morgan fingerprint density at radius 1 is 1.10 bits per heavy atom. The van der Waals surface area contributed by atoms with E-state index < -0.39 is 0 Å². The van der Waals surface area contributed by atoms with Gasteiger partial charge in [-0.05, 0) is 42.5 Å². The van der Waals surface area contributed by atoms with Crippen molar-refractivity contribution in [2.24, 2.45) is 0 Å². The molecule has 1 unspecified atom stereocenters. The summed E-state index contributed by atoms with van der Waals surface area (Å²) in [6, 6.07) is 15.6. The number of hydrogen-bond acceptors (Lipinski definition) is 5. The maximum atomic E-state index is 13.0. The van der Waals surface area contributed by atoms with E-state index in [1.165, 1.54) is 12.1 Å². The van der Waals surface area contributed by atoms with E-state index in [0.717, 1.165) is 30.4 Å². The van der Waals surface area contributed by atoms with Gasteiger partial charge >= 0.3 is 6.03 Å². The second-order valence-corrected chi connectivity index (χ2v) is 7.51. The van der Waals surface area contributed by atoms with Crippen LogP contribution in [0.1, 0.15) is 48.1 Å². The van der Waals surface area contributed by atoms with E-state index in [9.17, 15) is 9.18 Å². The molecule has 1 saturated heterocycles. The van der Waals surface area contributed by atoms with Gasteiger partial charge in [0.05, 0.1) is 12.6 Å². The summed E-state index contributed by atoms with van der Waals surface area (Å²) in [6.45, 7) is 1.58. The van der Waals surface area contributed by atoms with Gasteiger partial charge in [0.1, 0.15) is 12.4 Å². The zero-order chi connectivity index (χ0) is 21.5. The molecular weight excluding hydrogens is 399 g/mol. The third kappa shape index (κ3) is 5.67. The number of amides is 2. The molecule has 162 valence electrons. The van der Waals surface area contributed by atoms with Gasteiger partial charge in [0.15, 0.2) is 5.82 Å². The van der Waals surface area contributed by atoms with E-state index >= 15 is 0 Å². The third-order valence-electron chi connectivity index (χ3n) is 5.24. The number of nitrogens with one attached hydrogen (secondary N) is 1. The molecule has 0 spiro atoms. The number of hydrogen-bond donors (Lipinski definition) is 1. The highest BCUT2D eigenvalue weighted by atomic mass is 19.1. The van der Waals surface area contributed by atoms with Crippen molar-refractivity contribution < 1.29 is 18.4 Å². The minimum atomic E-state index is -0.282. The summed E-state index contributed by atoms with van der Waals surface area (Å²) in [5, 5.41) is 7.07. The fourth-order valence-electron chi connectivity index (χ4n) is 3.62. The van der Waals surface area contributed by atoms with Gasteiger partial charge in [0, 0.05) is 13.1 Å². The molecular formula is C23H25FN4O3. The molecule has 0 aliphatic carbocycles. The van der Waals surface area contributed by atoms with Crippen LogP contribution in [0.5, 0.6) is 0 Å². The molecule has 4 rings (SSSR count). The molecule has 0 bridgehead atoms. The lowest BCUT2D eigenvalue weighted by Crippen LogP contribution is -2.44. The van der Waals surface area contributed by atoms with Crippen LogP contribution in [0.25, 0.3) is 0 Å². The Bertz CT molecular complexity index is 978. The molecule has 8 heteroatoms. The summed E-state index contributed by atoms with van der Waals surface area (Å²) in [7, 11) is 0. The Balaban J connectivity index is 1.33. The maximum absolute atomic E-state index is 13.0. The van der Waals surface area contributed by atoms with Gasteiger partial charge in [-0.1, -0.05) is 47.6 Å². The molecule has 0 radical (unpaired) electrons. The molecule has 1 N–H and O–H groups in total. The highest BCUT2D eigenvalue weighted by Gasteiger charge is 2.31. The van der Waals surface area contributed by atoms with Gasteiger partial charge in [-0.15, -0.1) is 0 Å². The van der Waals surface area contributed by atoms with Crippen LogP contribution in [-0.4, -0.2) is 27.6 Å².